The van der Waals surface area contributed by atoms with Crippen LogP contribution in [0.15, 0.2) is 24.3 Å². The van der Waals surface area contributed by atoms with Crippen LogP contribution in [0, 0.1) is 5.92 Å². The van der Waals surface area contributed by atoms with Gasteiger partial charge in [-0.05, 0) is 49.3 Å². The van der Waals surface area contributed by atoms with Crippen LogP contribution >= 0.6 is 0 Å². The maximum absolute atomic E-state index is 12.4. The largest absolute Gasteiger partial charge is 0.497 e. The van der Waals surface area contributed by atoms with Gasteiger partial charge < -0.3 is 19.3 Å². The summed E-state index contributed by atoms with van der Waals surface area (Å²) >= 11 is 0. The van der Waals surface area contributed by atoms with Crippen LogP contribution in [-0.4, -0.2) is 68.1 Å². The van der Waals surface area contributed by atoms with Crippen molar-refractivity contribution in [1.29, 1.82) is 0 Å². The van der Waals surface area contributed by atoms with Crippen molar-refractivity contribution in [1.82, 2.24) is 9.80 Å². The molecule has 2 aliphatic heterocycles. The van der Waals surface area contributed by atoms with E-state index in [1.54, 1.807) is 12.0 Å². The van der Waals surface area contributed by atoms with Gasteiger partial charge in [-0.3, -0.25) is 9.59 Å². The van der Waals surface area contributed by atoms with Crippen molar-refractivity contribution in [2.75, 3.05) is 46.5 Å². The molecule has 142 valence electrons. The zero-order chi connectivity index (χ0) is 18.4. The van der Waals surface area contributed by atoms with E-state index in [-0.39, 0.29) is 25.0 Å². The summed E-state index contributed by atoms with van der Waals surface area (Å²) in [5.41, 5.74) is 1.33. The summed E-state index contributed by atoms with van der Waals surface area (Å²) in [5, 5.41) is 0. The number of ether oxygens (including phenoxy) is 2. The molecule has 26 heavy (non-hydrogen) atoms. The van der Waals surface area contributed by atoms with E-state index in [1.807, 2.05) is 17.0 Å². The molecule has 2 amide bonds. The van der Waals surface area contributed by atoms with Gasteiger partial charge in [-0.15, -0.1) is 0 Å². The monoisotopic (exact) mass is 360 g/mol. The molecular formula is C20H28N2O4. The molecule has 2 heterocycles. The number of nitrogens with zero attached hydrogens (tertiary/aromatic N) is 2. The second kappa shape index (κ2) is 9.03. The summed E-state index contributed by atoms with van der Waals surface area (Å²) in [6.07, 6.45) is 4.29. The predicted molar refractivity (Wildman–Crippen MR) is 98.0 cm³/mol. The van der Waals surface area contributed by atoms with Gasteiger partial charge in [0, 0.05) is 19.6 Å². The number of amides is 2. The normalized spacial score (nSPS) is 18.9. The number of aryl methyl sites for hydroxylation is 1. The number of hydrogen-bond donors (Lipinski definition) is 0. The number of likely N-dealkylation sites (tertiary alicyclic amines) is 1. The summed E-state index contributed by atoms with van der Waals surface area (Å²) < 4.78 is 10.3. The van der Waals surface area contributed by atoms with Gasteiger partial charge in [0.1, 0.15) is 12.4 Å². The standard InChI is InChI=1S/C20H28N2O4/c1-25-18-6-4-16(5-7-18)2-3-17-8-10-21(11-9-17)19(23)14-22-12-13-26-15-20(22)24/h4-7,17H,2-3,8-15H2,1H3. The fourth-order valence-electron chi connectivity index (χ4n) is 3.61. The lowest BCUT2D eigenvalue weighted by Gasteiger charge is -2.34. The highest BCUT2D eigenvalue weighted by Gasteiger charge is 2.26. The van der Waals surface area contributed by atoms with Crippen LogP contribution < -0.4 is 4.74 Å². The van der Waals surface area contributed by atoms with Crippen LogP contribution in [0.5, 0.6) is 5.75 Å². The van der Waals surface area contributed by atoms with E-state index in [1.165, 1.54) is 5.56 Å². The Labute approximate surface area is 155 Å². The molecule has 0 radical (unpaired) electrons. The molecule has 1 aromatic carbocycles. The number of piperidine rings is 1. The third-order valence-corrected chi connectivity index (χ3v) is 5.38. The van der Waals surface area contributed by atoms with Crippen molar-refractivity contribution < 1.29 is 19.1 Å². The number of benzene rings is 1. The average molecular weight is 360 g/mol. The minimum absolute atomic E-state index is 0.0638. The summed E-state index contributed by atoms with van der Waals surface area (Å²) in [7, 11) is 1.68. The third-order valence-electron chi connectivity index (χ3n) is 5.38. The lowest BCUT2D eigenvalue weighted by atomic mass is 9.90. The topological polar surface area (TPSA) is 59.1 Å². The highest BCUT2D eigenvalue weighted by atomic mass is 16.5. The van der Waals surface area contributed by atoms with E-state index in [2.05, 4.69) is 12.1 Å². The van der Waals surface area contributed by atoms with Gasteiger partial charge in [0.25, 0.3) is 0 Å². The molecule has 0 saturated carbocycles. The second-order valence-electron chi connectivity index (χ2n) is 7.08. The van der Waals surface area contributed by atoms with Gasteiger partial charge in [0.2, 0.25) is 11.8 Å². The molecule has 0 unspecified atom stereocenters. The number of hydrogen-bond acceptors (Lipinski definition) is 4. The Morgan fingerprint density at radius 1 is 1.19 bits per heavy atom. The molecule has 6 heteroatoms. The minimum Gasteiger partial charge on any atom is -0.497 e. The molecule has 0 aliphatic carbocycles. The first kappa shape index (κ1) is 18.7. The zero-order valence-corrected chi connectivity index (χ0v) is 15.5. The van der Waals surface area contributed by atoms with Crippen LogP contribution in [0.25, 0.3) is 0 Å². The number of methoxy groups -OCH3 is 1. The van der Waals surface area contributed by atoms with E-state index in [9.17, 15) is 9.59 Å². The first-order chi connectivity index (χ1) is 12.7. The Morgan fingerprint density at radius 2 is 1.92 bits per heavy atom. The Kier molecular flexibility index (Phi) is 6.50. The summed E-state index contributed by atoms with van der Waals surface area (Å²) in [6, 6.07) is 8.25. The maximum atomic E-state index is 12.4. The van der Waals surface area contributed by atoms with Crippen molar-refractivity contribution in [3.8, 4) is 5.75 Å². The SMILES string of the molecule is COc1ccc(CCC2CCN(C(=O)CN3CCOCC3=O)CC2)cc1. The smallest absolute Gasteiger partial charge is 0.249 e. The van der Waals surface area contributed by atoms with Crippen LogP contribution in [0.3, 0.4) is 0 Å². The molecule has 0 N–H and O–H groups in total. The first-order valence-corrected chi connectivity index (χ1v) is 9.42. The van der Waals surface area contributed by atoms with Crippen molar-refractivity contribution in [3.63, 3.8) is 0 Å². The first-order valence-electron chi connectivity index (χ1n) is 9.42. The molecule has 0 spiro atoms. The highest BCUT2D eigenvalue weighted by molar-refractivity contribution is 5.85. The highest BCUT2D eigenvalue weighted by Crippen LogP contribution is 2.23. The van der Waals surface area contributed by atoms with Crippen LogP contribution in [0.1, 0.15) is 24.8 Å². The van der Waals surface area contributed by atoms with Crippen molar-refractivity contribution in [2.45, 2.75) is 25.7 Å². The molecule has 6 nitrogen and oxygen atoms in total. The van der Waals surface area contributed by atoms with Gasteiger partial charge in [0.15, 0.2) is 0 Å². The van der Waals surface area contributed by atoms with E-state index in [0.29, 0.717) is 19.1 Å². The molecule has 0 bridgehead atoms. The lowest BCUT2D eigenvalue weighted by Crippen LogP contribution is -2.49. The fourth-order valence-corrected chi connectivity index (χ4v) is 3.61. The molecule has 2 aliphatic rings. The summed E-state index contributed by atoms with van der Waals surface area (Å²) in [6.45, 7) is 2.92. The minimum atomic E-state index is -0.0843. The number of morpholine rings is 1. The molecular weight excluding hydrogens is 332 g/mol. The predicted octanol–water partition coefficient (Wildman–Crippen LogP) is 1.73. The molecule has 2 saturated heterocycles. The quantitative estimate of drug-likeness (QED) is 0.775. The molecule has 2 fully saturated rings. The Hall–Kier alpha value is -2.08. The Morgan fingerprint density at radius 3 is 2.58 bits per heavy atom. The fraction of sp³-hybridized carbons (Fsp3) is 0.600. The van der Waals surface area contributed by atoms with E-state index < -0.39 is 0 Å². The van der Waals surface area contributed by atoms with Crippen molar-refractivity contribution in [3.05, 3.63) is 29.8 Å². The molecule has 0 aromatic heterocycles. The van der Waals surface area contributed by atoms with Gasteiger partial charge in [-0.2, -0.15) is 0 Å². The summed E-state index contributed by atoms with van der Waals surface area (Å²) in [4.78, 5) is 27.7. The van der Waals surface area contributed by atoms with E-state index >= 15 is 0 Å². The molecule has 0 atom stereocenters. The van der Waals surface area contributed by atoms with Gasteiger partial charge >= 0.3 is 0 Å². The second-order valence-corrected chi connectivity index (χ2v) is 7.08. The lowest BCUT2D eigenvalue weighted by molar-refractivity contribution is -0.149. The number of carbonyl (C=O) groups excluding carboxylic acids is 2. The van der Waals surface area contributed by atoms with Crippen molar-refractivity contribution in [2.24, 2.45) is 5.92 Å². The van der Waals surface area contributed by atoms with Crippen LogP contribution in [0.2, 0.25) is 0 Å². The molecule has 3 rings (SSSR count). The molecule has 1 aromatic rings. The number of carbonyl (C=O) groups is 2. The van der Waals surface area contributed by atoms with E-state index in [0.717, 1.165) is 44.5 Å². The third kappa shape index (κ3) is 4.97. The van der Waals surface area contributed by atoms with Gasteiger partial charge in [0.05, 0.1) is 20.3 Å². The Bertz CT molecular complexity index is 609. The zero-order valence-electron chi connectivity index (χ0n) is 15.5. The van der Waals surface area contributed by atoms with Gasteiger partial charge in [-0.1, -0.05) is 12.1 Å². The average Bonchev–Trinajstić information content (AvgIpc) is 2.69. The van der Waals surface area contributed by atoms with Crippen molar-refractivity contribution >= 4 is 11.8 Å². The van der Waals surface area contributed by atoms with Crippen LogP contribution in [0.4, 0.5) is 0 Å². The van der Waals surface area contributed by atoms with Gasteiger partial charge in [-0.25, -0.2) is 0 Å². The van der Waals surface area contributed by atoms with Crippen LogP contribution in [-0.2, 0) is 20.7 Å². The summed E-state index contributed by atoms with van der Waals surface area (Å²) in [5.74, 6) is 1.53. The Balaban J connectivity index is 1.39. The maximum Gasteiger partial charge on any atom is 0.249 e. The van der Waals surface area contributed by atoms with E-state index in [4.69, 9.17) is 9.47 Å². The number of rotatable bonds is 6.